The molecule has 31 heavy (non-hydrogen) atoms. The van der Waals surface area contributed by atoms with Gasteiger partial charge in [-0.3, -0.25) is 14.5 Å². The van der Waals surface area contributed by atoms with Crippen LogP contribution in [0.25, 0.3) is 17.4 Å². The van der Waals surface area contributed by atoms with Crippen molar-refractivity contribution in [2.45, 2.75) is 6.54 Å². The highest BCUT2D eigenvalue weighted by atomic mass is 35.5. The Morgan fingerprint density at radius 3 is 2.55 bits per heavy atom. The number of thioether (sulfide) groups is 1. The largest absolute Gasteiger partial charge is 0.478 e. The van der Waals surface area contributed by atoms with E-state index >= 15 is 0 Å². The van der Waals surface area contributed by atoms with Gasteiger partial charge in [0.1, 0.15) is 17.3 Å². The molecule has 1 aliphatic heterocycles. The molecule has 2 aromatic carbocycles. The van der Waals surface area contributed by atoms with Crippen LogP contribution in [0.2, 0.25) is 5.02 Å². The van der Waals surface area contributed by atoms with Crippen LogP contribution in [0.1, 0.15) is 21.7 Å². The predicted molar refractivity (Wildman–Crippen MR) is 114 cm³/mol. The number of hydrogen-bond acceptors (Lipinski definition) is 5. The Morgan fingerprint density at radius 1 is 1.13 bits per heavy atom. The van der Waals surface area contributed by atoms with Gasteiger partial charge in [0.15, 0.2) is 0 Å². The molecule has 0 saturated carbocycles. The number of nitrogens with zero attached hydrogens (tertiary/aromatic N) is 1. The second-order valence-corrected chi connectivity index (χ2v) is 7.95. The number of carboxylic acids is 1. The van der Waals surface area contributed by atoms with Gasteiger partial charge < -0.3 is 9.52 Å². The zero-order valence-electron chi connectivity index (χ0n) is 15.7. The summed E-state index contributed by atoms with van der Waals surface area (Å²) >= 11 is 6.72. The van der Waals surface area contributed by atoms with E-state index in [1.54, 1.807) is 24.3 Å². The number of rotatable bonds is 5. The Kier molecular flexibility index (Phi) is 5.67. The molecule has 1 aliphatic rings. The summed E-state index contributed by atoms with van der Waals surface area (Å²) in [7, 11) is 0. The van der Waals surface area contributed by atoms with Crippen molar-refractivity contribution in [3.8, 4) is 11.3 Å². The van der Waals surface area contributed by atoms with E-state index < -0.39 is 22.9 Å². The summed E-state index contributed by atoms with van der Waals surface area (Å²) in [6.07, 6.45) is 1.43. The van der Waals surface area contributed by atoms with Crippen LogP contribution in [0, 0.1) is 5.82 Å². The highest BCUT2D eigenvalue weighted by Gasteiger charge is 2.36. The molecular weight excluding hydrogens is 445 g/mol. The Balaban J connectivity index is 1.54. The number of carbonyl (C=O) groups is 3. The predicted octanol–water partition coefficient (Wildman–Crippen LogP) is 5.67. The molecule has 0 spiro atoms. The number of halogens is 2. The lowest BCUT2D eigenvalue weighted by Crippen LogP contribution is -2.28. The fourth-order valence-electron chi connectivity index (χ4n) is 2.97. The minimum absolute atomic E-state index is 0.0674. The van der Waals surface area contributed by atoms with Crippen molar-refractivity contribution >= 4 is 46.6 Å². The van der Waals surface area contributed by atoms with E-state index in [9.17, 15) is 18.8 Å². The van der Waals surface area contributed by atoms with Crippen LogP contribution in [0.4, 0.5) is 9.18 Å². The summed E-state index contributed by atoms with van der Waals surface area (Å²) in [5.74, 6) is -1.38. The summed E-state index contributed by atoms with van der Waals surface area (Å²) in [5.41, 5.74) is 0.879. The summed E-state index contributed by atoms with van der Waals surface area (Å²) in [6.45, 7) is -0.271. The standard InChI is InChI=1S/C22H13ClFNO5S/c23-16-2-1-3-17(24)15(16)11-25-20(26)19(31-22(25)29)10-14-8-9-18(30-14)12-4-6-13(7-5-12)21(27)28/h1-10H,11H2,(H,27,28)/b19-10-. The smallest absolute Gasteiger partial charge is 0.335 e. The number of aromatic carboxylic acids is 1. The van der Waals surface area contributed by atoms with Gasteiger partial charge in [-0.2, -0.15) is 0 Å². The molecule has 9 heteroatoms. The van der Waals surface area contributed by atoms with Crippen LogP contribution in [0.15, 0.2) is 63.9 Å². The molecule has 1 fully saturated rings. The molecule has 0 atom stereocenters. The molecular formula is C22H13ClFNO5S. The van der Waals surface area contributed by atoms with Crippen molar-refractivity contribution in [2.75, 3.05) is 0 Å². The average molecular weight is 458 g/mol. The van der Waals surface area contributed by atoms with Gasteiger partial charge >= 0.3 is 5.97 Å². The molecule has 2 amide bonds. The van der Waals surface area contributed by atoms with Gasteiger partial charge in [-0.1, -0.05) is 29.8 Å². The van der Waals surface area contributed by atoms with Crippen molar-refractivity contribution in [1.29, 1.82) is 0 Å². The second-order valence-electron chi connectivity index (χ2n) is 6.55. The number of benzene rings is 2. The molecule has 1 saturated heterocycles. The lowest BCUT2D eigenvalue weighted by molar-refractivity contribution is -0.123. The minimum atomic E-state index is -1.03. The third-order valence-corrected chi connectivity index (χ3v) is 5.83. The van der Waals surface area contributed by atoms with E-state index in [2.05, 4.69) is 0 Å². The van der Waals surface area contributed by atoms with E-state index in [4.69, 9.17) is 21.1 Å². The minimum Gasteiger partial charge on any atom is -0.478 e. The van der Waals surface area contributed by atoms with Crippen molar-refractivity contribution in [2.24, 2.45) is 0 Å². The number of carbonyl (C=O) groups excluding carboxylic acids is 2. The maximum absolute atomic E-state index is 14.0. The van der Waals surface area contributed by atoms with E-state index in [-0.39, 0.29) is 27.6 Å². The van der Waals surface area contributed by atoms with E-state index in [1.807, 2.05) is 0 Å². The molecule has 0 aliphatic carbocycles. The Hall–Kier alpha value is -3.36. The van der Waals surface area contributed by atoms with Crippen molar-refractivity contribution in [1.82, 2.24) is 4.90 Å². The molecule has 2 heterocycles. The number of amides is 2. The number of hydrogen-bond donors (Lipinski definition) is 1. The van der Waals surface area contributed by atoms with E-state index in [0.29, 0.717) is 17.1 Å². The van der Waals surface area contributed by atoms with E-state index in [1.165, 1.54) is 36.4 Å². The van der Waals surface area contributed by atoms with Crippen molar-refractivity contribution < 1.29 is 28.3 Å². The molecule has 4 rings (SSSR count). The topological polar surface area (TPSA) is 87.8 Å². The first-order chi connectivity index (χ1) is 14.8. The Labute approximate surface area is 184 Å². The molecule has 0 unspecified atom stereocenters. The van der Waals surface area contributed by atoms with Gasteiger partial charge in [0.05, 0.1) is 17.0 Å². The number of furan rings is 1. The van der Waals surface area contributed by atoms with Gasteiger partial charge in [-0.05, 0) is 48.2 Å². The van der Waals surface area contributed by atoms with Gasteiger partial charge in [0, 0.05) is 22.2 Å². The van der Waals surface area contributed by atoms with Gasteiger partial charge in [-0.15, -0.1) is 0 Å². The fraction of sp³-hybridized carbons (Fsp3) is 0.0455. The van der Waals surface area contributed by atoms with Crippen LogP contribution < -0.4 is 0 Å². The molecule has 0 bridgehead atoms. The highest BCUT2D eigenvalue weighted by Crippen LogP contribution is 2.35. The summed E-state index contributed by atoms with van der Waals surface area (Å²) < 4.78 is 19.7. The lowest BCUT2D eigenvalue weighted by Gasteiger charge is -2.14. The normalized spacial score (nSPS) is 15.2. The quantitative estimate of drug-likeness (QED) is 0.496. The van der Waals surface area contributed by atoms with Crippen molar-refractivity contribution in [3.63, 3.8) is 0 Å². The van der Waals surface area contributed by atoms with Crippen LogP contribution >= 0.6 is 23.4 Å². The molecule has 156 valence electrons. The fourth-order valence-corrected chi connectivity index (χ4v) is 4.01. The summed E-state index contributed by atoms with van der Waals surface area (Å²) in [5, 5.41) is 8.57. The first-order valence-corrected chi connectivity index (χ1v) is 10.1. The first kappa shape index (κ1) is 20.9. The molecule has 6 nitrogen and oxygen atoms in total. The van der Waals surface area contributed by atoms with Crippen LogP contribution in [-0.4, -0.2) is 27.1 Å². The van der Waals surface area contributed by atoms with Gasteiger partial charge in [0.2, 0.25) is 0 Å². The molecule has 3 aromatic rings. The maximum Gasteiger partial charge on any atom is 0.335 e. The number of imide groups is 1. The highest BCUT2D eigenvalue weighted by molar-refractivity contribution is 8.18. The molecule has 0 radical (unpaired) electrons. The van der Waals surface area contributed by atoms with Gasteiger partial charge in [0.25, 0.3) is 11.1 Å². The zero-order chi connectivity index (χ0) is 22.1. The monoisotopic (exact) mass is 457 g/mol. The van der Waals surface area contributed by atoms with Crippen LogP contribution in [-0.2, 0) is 11.3 Å². The second kappa shape index (κ2) is 8.41. The average Bonchev–Trinajstić information content (AvgIpc) is 3.30. The summed E-state index contributed by atoms with van der Waals surface area (Å²) in [4.78, 5) is 37.0. The SMILES string of the molecule is O=C(O)c1ccc(-c2ccc(/C=C3\SC(=O)N(Cc4c(F)cccc4Cl)C3=O)o2)cc1. The molecule has 1 N–H and O–H groups in total. The first-order valence-electron chi connectivity index (χ1n) is 8.95. The van der Waals surface area contributed by atoms with Crippen molar-refractivity contribution in [3.05, 3.63) is 87.2 Å². The van der Waals surface area contributed by atoms with Crippen LogP contribution in [0.5, 0.6) is 0 Å². The maximum atomic E-state index is 14.0. The zero-order valence-corrected chi connectivity index (χ0v) is 17.2. The van der Waals surface area contributed by atoms with Gasteiger partial charge in [-0.25, -0.2) is 9.18 Å². The lowest BCUT2D eigenvalue weighted by atomic mass is 10.1. The summed E-state index contributed by atoms with van der Waals surface area (Å²) in [6, 6.07) is 13.6. The Morgan fingerprint density at radius 2 is 1.87 bits per heavy atom. The van der Waals surface area contributed by atoms with Crippen LogP contribution in [0.3, 0.4) is 0 Å². The number of carboxylic acid groups (broad SMARTS) is 1. The third kappa shape index (κ3) is 4.26. The van der Waals surface area contributed by atoms with E-state index in [0.717, 1.165) is 16.7 Å². The Bertz CT molecular complexity index is 1210. The molecule has 1 aromatic heterocycles. The third-order valence-electron chi connectivity index (χ3n) is 4.57.